The van der Waals surface area contributed by atoms with Crippen LogP contribution in [0.1, 0.15) is 32.6 Å². The normalized spacial score (nSPS) is 32.8. The average molecular weight is 357 g/mol. The Morgan fingerprint density at radius 3 is 2.25 bits per heavy atom. The van der Waals surface area contributed by atoms with E-state index in [1.165, 1.54) is 10.6 Å². The highest BCUT2D eigenvalue weighted by atomic mass is 32.2. The van der Waals surface area contributed by atoms with E-state index in [-0.39, 0.29) is 29.7 Å². The molecule has 136 valence electrons. The molecule has 8 heteroatoms. The Morgan fingerprint density at radius 1 is 1.12 bits per heavy atom. The van der Waals surface area contributed by atoms with Crippen LogP contribution < -0.4 is 5.32 Å². The molecule has 3 rings (SSSR count). The summed E-state index contributed by atoms with van der Waals surface area (Å²) in [5, 5.41) is 2.77. The minimum Gasteiger partial charge on any atom is -0.359 e. The van der Waals surface area contributed by atoms with E-state index in [0.717, 1.165) is 25.7 Å². The summed E-state index contributed by atoms with van der Waals surface area (Å²) in [6.45, 7) is 3.70. The first-order chi connectivity index (χ1) is 11.1. The molecule has 0 bridgehead atoms. The molecule has 3 aliphatic rings. The third-order valence-electron chi connectivity index (χ3n) is 6.67. The van der Waals surface area contributed by atoms with Crippen LogP contribution in [0.15, 0.2) is 0 Å². The van der Waals surface area contributed by atoms with Gasteiger partial charge in [-0.1, -0.05) is 0 Å². The number of nitrogens with zero attached hydrogens (tertiary/aromatic N) is 2. The summed E-state index contributed by atoms with van der Waals surface area (Å²) in [6, 6.07) is 0. The smallest absolute Gasteiger partial charge is 0.227 e. The molecule has 0 unspecified atom stereocenters. The Hall–Kier alpha value is -1.15. The van der Waals surface area contributed by atoms with Gasteiger partial charge in [-0.05, 0) is 37.0 Å². The van der Waals surface area contributed by atoms with Crippen LogP contribution in [0.2, 0.25) is 0 Å². The van der Waals surface area contributed by atoms with Gasteiger partial charge in [0.25, 0.3) is 0 Å². The fourth-order valence-corrected chi connectivity index (χ4v) is 6.14. The van der Waals surface area contributed by atoms with Crippen molar-refractivity contribution >= 4 is 21.8 Å². The molecule has 2 aliphatic heterocycles. The molecule has 3 fully saturated rings. The zero-order valence-electron chi connectivity index (χ0n) is 14.7. The third-order valence-corrected chi connectivity index (χ3v) is 7.89. The van der Waals surface area contributed by atoms with Crippen LogP contribution in [0, 0.1) is 16.7 Å². The summed E-state index contributed by atoms with van der Waals surface area (Å²) in [5.41, 5.74) is -0.645. The summed E-state index contributed by atoms with van der Waals surface area (Å²) >= 11 is 0. The molecule has 0 aromatic heterocycles. The van der Waals surface area contributed by atoms with Crippen LogP contribution in [-0.4, -0.2) is 68.9 Å². The Kier molecular flexibility index (Phi) is 4.19. The van der Waals surface area contributed by atoms with Crippen molar-refractivity contribution in [2.24, 2.45) is 16.7 Å². The lowest BCUT2D eigenvalue weighted by Crippen LogP contribution is -2.49. The van der Waals surface area contributed by atoms with Crippen molar-refractivity contribution in [1.82, 2.24) is 14.5 Å². The number of amides is 2. The van der Waals surface area contributed by atoms with Crippen molar-refractivity contribution in [3.05, 3.63) is 0 Å². The van der Waals surface area contributed by atoms with E-state index in [9.17, 15) is 18.0 Å². The van der Waals surface area contributed by atoms with E-state index in [1.54, 1.807) is 14.0 Å². The number of likely N-dealkylation sites (tertiary alicyclic amines) is 1. The summed E-state index contributed by atoms with van der Waals surface area (Å²) < 4.78 is 25.6. The molecule has 7 nitrogen and oxygen atoms in total. The van der Waals surface area contributed by atoms with Gasteiger partial charge in [-0.3, -0.25) is 9.59 Å². The van der Waals surface area contributed by atoms with Crippen molar-refractivity contribution in [2.75, 3.05) is 39.5 Å². The van der Waals surface area contributed by atoms with Crippen molar-refractivity contribution in [3.63, 3.8) is 0 Å². The van der Waals surface area contributed by atoms with Crippen LogP contribution in [0.4, 0.5) is 0 Å². The SMILES string of the molecule is CNC(=O)[C@@]12CCC3(CCN(C(C)=O)CC3)[C@@H]1CN(S(C)(=O)=O)C2. The number of hydrogen-bond donors (Lipinski definition) is 1. The lowest BCUT2D eigenvalue weighted by Gasteiger charge is -2.44. The van der Waals surface area contributed by atoms with Crippen molar-refractivity contribution in [1.29, 1.82) is 0 Å². The average Bonchev–Trinajstić information content (AvgIpc) is 3.05. The van der Waals surface area contributed by atoms with Gasteiger partial charge in [0.05, 0.1) is 11.7 Å². The quantitative estimate of drug-likeness (QED) is 0.756. The van der Waals surface area contributed by atoms with Gasteiger partial charge in [0, 0.05) is 40.2 Å². The Labute approximate surface area is 143 Å². The number of piperidine rings is 1. The monoisotopic (exact) mass is 357 g/mol. The van der Waals surface area contributed by atoms with Crippen molar-refractivity contribution < 1.29 is 18.0 Å². The van der Waals surface area contributed by atoms with Gasteiger partial charge < -0.3 is 10.2 Å². The molecule has 2 atom stereocenters. The minimum absolute atomic E-state index is 0.0299. The summed E-state index contributed by atoms with van der Waals surface area (Å²) in [6.07, 6.45) is 4.59. The summed E-state index contributed by atoms with van der Waals surface area (Å²) in [4.78, 5) is 26.2. The summed E-state index contributed by atoms with van der Waals surface area (Å²) in [7, 11) is -1.69. The van der Waals surface area contributed by atoms with E-state index < -0.39 is 15.4 Å². The standard InChI is InChI=1S/C16H27N3O4S/c1-12(20)18-8-6-15(7-9-18)4-5-16(14(21)17-2)11-19(10-13(15)16)24(3,22)23/h13H,4-11H2,1-3H3,(H,17,21)/t13-,16+/m0/s1. The molecule has 2 amide bonds. The van der Waals surface area contributed by atoms with E-state index in [2.05, 4.69) is 5.32 Å². The lowest BCUT2D eigenvalue weighted by molar-refractivity contribution is -0.135. The van der Waals surface area contributed by atoms with Crippen LogP contribution >= 0.6 is 0 Å². The lowest BCUT2D eigenvalue weighted by atomic mass is 9.65. The van der Waals surface area contributed by atoms with E-state index >= 15 is 0 Å². The molecule has 24 heavy (non-hydrogen) atoms. The molecule has 1 N–H and O–H groups in total. The largest absolute Gasteiger partial charge is 0.359 e. The first kappa shape index (κ1) is 17.7. The van der Waals surface area contributed by atoms with Crippen LogP contribution in [0.25, 0.3) is 0 Å². The Balaban J connectivity index is 1.91. The van der Waals surface area contributed by atoms with Crippen molar-refractivity contribution in [3.8, 4) is 0 Å². The summed E-state index contributed by atoms with van der Waals surface area (Å²) in [5.74, 6) is 0.0860. The highest BCUT2D eigenvalue weighted by Gasteiger charge is 2.65. The number of carbonyl (C=O) groups excluding carboxylic acids is 2. The number of hydrogen-bond acceptors (Lipinski definition) is 4. The molecule has 1 aliphatic carbocycles. The van der Waals surface area contributed by atoms with Gasteiger partial charge in [-0.25, -0.2) is 12.7 Å². The topological polar surface area (TPSA) is 86.8 Å². The number of carbonyl (C=O) groups is 2. The second kappa shape index (κ2) is 5.69. The van der Waals surface area contributed by atoms with E-state index in [4.69, 9.17) is 0 Å². The maximum absolute atomic E-state index is 12.7. The first-order valence-corrected chi connectivity index (χ1v) is 10.4. The maximum atomic E-state index is 12.7. The number of nitrogens with one attached hydrogen (secondary N) is 1. The number of fused-ring (bicyclic) bond motifs is 2. The van der Waals surface area contributed by atoms with Gasteiger partial charge in [-0.2, -0.15) is 0 Å². The highest BCUT2D eigenvalue weighted by Crippen LogP contribution is 2.62. The Morgan fingerprint density at radius 2 is 1.75 bits per heavy atom. The zero-order chi connectivity index (χ0) is 17.8. The van der Waals surface area contributed by atoms with Crippen molar-refractivity contribution in [2.45, 2.75) is 32.6 Å². The zero-order valence-corrected chi connectivity index (χ0v) is 15.5. The predicted octanol–water partition coefficient (Wildman–Crippen LogP) is 0.0327. The molecule has 1 spiro atoms. The highest BCUT2D eigenvalue weighted by molar-refractivity contribution is 7.88. The minimum atomic E-state index is -3.32. The van der Waals surface area contributed by atoms with Crippen LogP contribution in [-0.2, 0) is 19.6 Å². The molecule has 0 aromatic carbocycles. The maximum Gasteiger partial charge on any atom is 0.227 e. The molecule has 0 radical (unpaired) electrons. The molecule has 2 saturated heterocycles. The van der Waals surface area contributed by atoms with Crippen LogP contribution in [0.5, 0.6) is 0 Å². The van der Waals surface area contributed by atoms with Crippen LogP contribution in [0.3, 0.4) is 0 Å². The fraction of sp³-hybridized carbons (Fsp3) is 0.875. The van der Waals surface area contributed by atoms with E-state index in [1.807, 2.05) is 4.90 Å². The number of sulfonamides is 1. The fourth-order valence-electron chi connectivity index (χ4n) is 5.26. The molecule has 1 saturated carbocycles. The number of rotatable bonds is 2. The van der Waals surface area contributed by atoms with Gasteiger partial charge >= 0.3 is 0 Å². The van der Waals surface area contributed by atoms with E-state index in [0.29, 0.717) is 19.6 Å². The molecule has 2 heterocycles. The first-order valence-electron chi connectivity index (χ1n) is 8.57. The second-order valence-corrected chi connectivity index (χ2v) is 9.69. The molecular weight excluding hydrogens is 330 g/mol. The third kappa shape index (κ3) is 2.54. The van der Waals surface area contributed by atoms with Gasteiger partial charge in [0.1, 0.15) is 0 Å². The van der Waals surface area contributed by atoms with Gasteiger partial charge in [-0.15, -0.1) is 0 Å². The van der Waals surface area contributed by atoms with Gasteiger partial charge in [0.2, 0.25) is 21.8 Å². The second-order valence-electron chi connectivity index (χ2n) is 7.71. The van der Waals surface area contributed by atoms with Gasteiger partial charge in [0.15, 0.2) is 0 Å². The Bertz CT molecular complexity index is 654. The molecular formula is C16H27N3O4S. The molecule has 0 aromatic rings. The predicted molar refractivity (Wildman–Crippen MR) is 89.6 cm³/mol.